The second kappa shape index (κ2) is 5.92. The van der Waals surface area contributed by atoms with Gasteiger partial charge in [0.1, 0.15) is 27.9 Å². The number of aryl methyl sites for hydroxylation is 1. The summed E-state index contributed by atoms with van der Waals surface area (Å²) in [4.78, 5) is 8.36. The summed E-state index contributed by atoms with van der Waals surface area (Å²) in [5.74, 6) is -0.274. The highest BCUT2D eigenvalue weighted by atomic mass is 79.9. The third-order valence-electron chi connectivity index (χ3n) is 2.33. The number of anilines is 2. The van der Waals surface area contributed by atoms with Crippen LogP contribution >= 0.6 is 31.9 Å². The fraction of sp³-hybridized carbons (Fsp3) is 0.167. The van der Waals surface area contributed by atoms with Gasteiger partial charge in [-0.05, 0) is 37.9 Å². The van der Waals surface area contributed by atoms with Crippen molar-refractivity contribution in [3.05, 3.63) is 44.7 Å². The molecule has 1 aromatic heterocycles. The van der Waals surface area contributed by atoms with E-state index < -0.39 is 11.6 Å². The number of rotatable bonds is 3. The Kier molecular flexibility index (Phi) is 4.46. The van der Waals surface area contributed by atoms with E-state index in [4.69, 9.17) is 0 Å². The molecular formula is C12H9Br2F2N3. The van der Waals surface area contributed by atoms with Crippen LogP contribution in [0.3, 0.4) is 0 Å². The Morgan fingerprint density at radius 1 is 1.11 bits per heavy atom. The lowest BCUT2D eigenvalue weighted by Crippen LogP contribution is -2.01. The quantitative estimate of drug-likeness (QED) is 0.613. The van der Waals surface area contributed by atoms with Crippen molar-refractivity contribution < 1.29 is 8.78 Å². The van der Waals surface area contributed by atoms with Crippen molar-refractivity contribution in [3.8, 4) is 0 Å². The predicted molar refractivity (Wildman–Crippen MR) is 76.5 cm³/mol. The largest absolute Gasteiger partial charge is 0.338 e. The lowest BCUT2D eigenvalue weighted by molar-refractivity contribution is 0.581. The Bertz CT molecular complexity index is 620. The minimum atomic E-state index is -0.687. The molecule has 0 fully saturated rings. The first kappa shape index (κ1) is 14.3. The standard InChI is InChI=1S/C12H9Br2F2N3/c1-2-11-18-10(14)5-12(19-11)17-9-3-6(13)7(15)4-8(9)16/h3-5H,2H2,1H3,(H,17,18,19). The number of halogens is 4. The maximum absolute atomic E-state index is 13.6. The molecule has 19 heavy (non-hydrogen) atoms. The van der Waals surface area contributed by atoms with Gasteiger partial charge in [-0.3, -0.25) is 0 Å². The fourth-order valence-corrected chi connectivity index (χ4v) is 2.21. The molecule has 0 aliphatic rings. The van der Waals surface area contributed by atoms with E-state index in [2.05, 4.69) is 47.1 Å². The minimum Gasteiger partial charge on any atom is -0.338 e. The minimum absolute atomic E-state index is 0.140. The van der Waals surface area contributed by atoms with Gasteiger partial charge < -0.3 is 5.32 Å². The van der Waals surface area contributed by atoms with Crippen LogP contribution in [0.5, 0.6) is 0 Å². The molecule has 0 bridgehead atoms. The van der Waals surface area contributed by atoms with Crippen LogP contribution in [0.4, 0.5) is 20.3 Å². The topological polar surface area (TPSA) is 37.8 Å². The van der Waals surface area contributed by atoms with E-state index in [0.29, 0.717) is 22.7 Å². The van der Waals surface area contributed by atoms with Gasteiger partial charge in [0.15, 0.2) is 0 Å². The third kappa shape index (κ3) is 3.48. The van der Waals surface area contributed by atoms with E-state index in [9.17, 15) is 8.78 Å². The van der Waals surface area contributed by atoms with Gasteiger partial charge in [0.25, 0.3) is 0 Å². The summed E-state index contributed by atoms with van der Waals surface area (Å²) in [6, 6.07) is 3.76. The van der Waals surface area contributed by atoms with Gasteiger partial charge in [0.2, 0.25) is 0 Å². The monoisotopic (exact) mass is 391 g/mol. The van der Waals surface area contributed by atoms with E-state index in [0.717, 1.165) is 6.07 Å². The van der Waals surface area contributed by atoms with Gasteiger partial charge in [-0.15, -0.1) is 0 Å². The summed E-state index contributed by atoms with van der Waals surface area (Å²) < 4.78 is 27.5. The van der Waals surface area contributed by atoms with E-state index in [1.165, 1.54) is 6.07 Å². The highest BCUT2D eigenvalue weighted by molar-refractivity contribution is 9.10. The average Bonchev–Trinajstić information content (AvgIpc) is 2.35. The van der Waals surface area contributed by atoms with Crippen molar-refractivity contribution in [2.75, 3.05) is 5.32 Å². The highest BCUT2D eigenvalue weighted by Gasteiger charge is 2.10. The van der Waals surface area contributed by atoms with Crippen LogP contribution < -0.4 is 5.32 Å². The fourth-order valence-electron chi connectivity index (χ4n) is 1.44. The highest BCUT2D eigenvalue weighted by Crippen LogP contribution is 2.26. The van der Waals surface area contributed by atoms with Crippen molar-refractivity contribution in [2.24, 2.45) is 0 Å². The summed E-state index contributed by atoms with van der Waals surface area (Å²) in [7, 11) is 0. The molecule has 0 saturated carbocycles. The van der Waals surface area contributed by atoms with Gasteiger partial charge in [-0.2, -0.15) is 0 Å². The predicted octanol–water partition coefficient (Wildman–Crippen LogP) is 4.59. The molecule has 1 heterocycles. The first-order valence-corrected chi connectivity index (χ1v) is 7.03. The zero-order chi connectivity index (χ0) is 14.0. The Balaban J connectivity index is 2.36. The second-order valence-corrected chi connectivity index (χ2v) is 5.38. The Morgan fingerprint density at radius 3 is 2.53 bits per heavy atom. The molecule has 0 radical (unpaired) electrons. The Hall–Kier alpha value is -1.08. The molecule has 0 spiro atoms. The van der Waals surface area contributed by atoms with Crippen molar-refractivity contribution in [2.45, 2.75) is 13.3 Å². The Labute approximate surface area is 125 Å². The first-order chi connectivity index (χ1) is 8.99. The van der Waals surface area contributed by atoms with Gasteiger partial charge >= 0.3 is 0 Å². The van der Waals surface area contributed by atoms with Crippen LogP contribution in [0.25, 0.3) is 0 Å². The van der Waals surface area contributed by atoms with Gasteiger partial charge in [0, 0.05) is 18.6 Å². The zero-order valence-corrected chi connectivity index (χ0v) is 13.0. The molecule has 2 aromatic rings. The van der Waals surface area contributed by atoms with Crippen molar-refractivity contribution in [3.63, 3.8) is 0 Å². The summed E-state index contributed by atoms with van der Waals surface area (Å²) in [6.45, 7) is 1.92. The molecule has 0 saturated heterocycles. The number of nitrogens with zero attached hydrogens (tertiary/aromatic N) is 2. The number of aromatic nitrogens is 2. The second-order valence-electron chi connectivity index (χ2n) is 3.72. The number of benzene rings is 1. The lowest BCUT2D eigenvalue weighted by Gasteiger charge is -2.09. The number of hydrogen-bond donors (Lipinski definition) is 1. The summed E-state index contributed by atoms with van der Waals surface area (Å²) in [6.07, 6.45) is 0.656. The van der Waals surface area contributed by atoms with Crippen LogP contribution in [0, 0.1) is 11.6 Å². The number of nitrogens with one attached hydrogen (secondary N) is 1. The van der Waals surface area contributed by atoms with Crippen LogP contribution in [0.1, 0.15) is 12.7 Å². The SMILES string of the molecule is CCc1nc(Br)cc(Nc2cc(Br)c(F)cc2F)n1. The van der Waals surface area contributed by atoms with E-state index in [-0.39, 0.29) is 10.2 Å². The molecule has 2 rings (SSSR count). The third-order valence-corrected chi connectivity index (χ3v) is 3.34. The molecule has 0 unspecified atom stereocenters. The molecule has 3 nitrogen and oxygen atoms in total. The number of hydrogen-bond acceptors (Lipinski definition) is 3. The van der Waals surface area contributed by atoms with Crippen molar-refractivity contribution in [1.82, 2.24) is 9.97 Å². The molecule has 0 aliphatic carbocycles. The normalized spacial score (nSPS) is 10.6. The summed E-state index contributed by atoms with van der Waals surface area (Å²) in [5, 5.41) is 2.80. The zero-order valence-electron chi connectivity index (χ0n) is 9.85. The lowest BCUT2D eigenvalue weighted by atomic mass is 10.3. The molecular weight excluding hydrogens is 384 g/mol. The molecule has 0 atom stereocenters. The van der Waals surface area contributed by atoms with Crippen LogP contribution in [0.2, 0.25) is 0 Å². The molecule has 7 heteroatoms. The van der Waals surface area contributed by atoms with E-state index in [1.807, 2.05) is 6.92 Å². The first-order valence-electron chi connectivity index (χ1n) is 5.44. The average molecular weight is 393 g/mol. The van der Waals surface area contributed by atoms with Gasteiger partial charge in [0.05, 0.1) is 10.2 Å². The summed E-state index contributed by atoms with van der Waals surface area (Å²) in [5.41, 5.74) is 0.140. The van der Waals surface area contributed by atoms with Gasteiger partial charge in [-0.25, -0.2) is 18.7 Å². The summed E-state index contributed by atoms with van der Waals surface area (Å²) >= 11 is 6.27. The van der Waals surface area contributed by atoms with Crippen LogP contribution in [-0.2, 0) is 6.42 Å². The van der Waals surface area contributed by atoms with E-state index in [1.54, 1.807) is 6.07 Å². The smallest absolute Gasteiger partial charge is 0.149 e. The molecule has 1 aromatic carbocycles. The van der Waals surface area contributed by atoms with E-state index >= 15 is 0 Å². The van der Waals surface area contributed by atoms with Crippen molar-refractivity contribution in [1.29, 1.82) is 0 Å². The van der Waals surface area contributed by atoms with Crippen LogP contribution in [-0.4, -0.2) is 9.97 Å². The maximum Gasteiger partial charge on any atom is 0.149 e. The van der Waals surface area contributed by atoms with Crippen molar-refractivity contribution >= 4 is 43.4 Å². The molecule has 0 aliphatic heterocycles. The van der Waals surface area contributed by atoms with Gasteiger partial charge in [-0.1, -0.05) is 6.92 Å². The molecule has 100 valence electrons. The Morgan fingerprint density at radius 2 is 1.84 bits per heavy atom. The molecule has 0 amide bonds. The molecule has 1 N–H and O–H groups in total. The maximum atomic E-state index is 13.6. The van der Waals surface area contributed by atoms with Crippen LogP contribution in [0.15, 0.2) is 27.3 Å².